The number of pyridine rings is 1. The van der Waals surface area contributed by atoms with Crippen molar-refractivity contribution >= 4 is 11.6 Å². The minimum Gasteiger partial charge on any atom is -0.456 e. The van der Waals surface area contributed by atoms with Crippen LogP contribution in [-0.2, 0) is 11.3 Å². The molecule has 5 heteroatoms. The predicted molar refractivity (Wildman–Crippen MR) is 91.2 cm³/mol. The predicted octanol–water partition coefficient (Wildman–Crippen LogP) is 2.98. The zero-order valence-corrected chi connectivity index (χ0v) is 13.9. The first-order valence-electron chi connectivity index (χ1n) is 7.67. The Bertz CT molecular complexity index is 990. The molecule has 24 heavy (non-hydrogen) atoms. The molecule has 122 valence electrons. The first kappa shape index (κ1) is 15.9. The van der Waals surface area contributed by atoms with Crippen molar-refractivity contribution in [3.8, 4) is 0 Å². The van der Waals surface area contributed by atoms with Crippen LogP contribution in [-0.4, -0.2) is 15.4 Å². The van der Waals surface area contributed by atoms with Gasteiger partial charge in [-0.2, -0.15) is 0 Å². The molecule has 0 saturated carbocycles. The molecule has 0 radical (unpaired) electrons. The highest BCUT2D eigenvalue weighted by Gasteiger charge is 2.12. The maximum Gasteiger partial charge on any atom is 0.338 e. The van der Waals surface area contributed by atoms with E-state index in [1.54, 1.807) is 18.3 Å². The molecule has 5 nitrogen and oxygen atoms in total. The molecule has 0 atom stereocenters. The minimum absolute atomic E-state index is 0.0359. The van der Waals surface area contributed by atoms with Crippen molar-refractivity contribution in [2.75, 3.05) is 0 Å². The molecule has 2 aromatic heterocycles. The highest BCUT2D eigenvalue weighted by Crippen LogP contribution is 2.13. The molecule has 2 heterocycles. The van der Waals surface area contributed by atoms with E-state index >= 15 is 0 Å². The van der Waals surface area contributed by atoms with Crippen molar-refractivity contribution in [2.24, 2.45) is 0 Å². The van der Waals surface area contributed by atoms with E-state index < -0.39 is 5.97 Å². The number of fused-ring (bicyclic) bond motifs is 1. The van der Waals surface area contributed by atoms with Gasteiger partial charge in [0.2, 0.25) is 0 Å². The van der Waals surface area contributed by atoms with Crippen molar-refractivity contribution in [3.05, 3.63) is 80.9 Å². The third-order valence-corrected chi connectivity index (χ3v) is 3.81. The fourth-order valence-corrected chi connectivity index (χ4v) is 2.59. The lowest BCUT2D eigenvalue weighted by atomic mass is 10.1. The van der Waals surface area contributed by atoms with Crippen LogP contribution in [0.25, 0.3) is 5.65 Å². The van der Waals surface area contributed by atoms with Gasteiger partial charge in [0.15, 0.2) is 0 Å². The number of ether oxygens (including phenoxy) is 1. The van der Waals surface area contributed by atoms with Gasteiger partial charge >= 0.3 is 5.97 Å². The Balaban J connectivity index is 1.81. The SMILES string of the molecule is Cc1ccc(C(=O)OCc2cc(=O)n3cc(C)ccc3n2)c(C)c1. The fraction of sp³-hybridized carbons (Fsp3) is 0.211. The lowest BCUT2D eigenvalue weighted by Crippen LogP contribution is -2.17. The molecule has 0 amide bonds. The Morgan fingerprint density at radius 3 is 2.58 bits per heavy atom. The maximum absolute atomic E-state index is 12.2. The summed E-state index contributed by atoms with van der Waals surface area (Å²) in [7, 11) is 0. The number of carbonyl (C=O) groups excluding carboxylic acids is 1. The second-order valence-electron chi connectivity index (χ2n) is 5.91. The molecular formula is C19H18N2O3. The second kappa shape index (κ2) is 6.28. The zero-order valence-electron chi connectivity index (χ0n) is 13.9. The minimum atomic E-state index is -0.418. The van der Waals surface area contributed by atoms with Gasteiger partial charge in [-0.25, -0.2) is 9.78 Å². The molecule has 3 rings (SSSR count). The van der Waals surface area contributed by atoms with E-state index in [0.29, 0.717) is 16.9 Å². The van der Waals surface area contributed by atoms with Gasteiger partial charge in [-0.15, -0.1) is 0 Å². The summed E-state index contributed by atoms with van der Waals surface area (Å²) in [6, 6.07) is 10.6. The third kappa shape index (κ3) is 3.20. The number of hydrogen-bond donors (Lipinski definition) is 0. The van der Waals surface area contributed by atoms with Gasteiger partial charge in [0, 0.05) is 12.3 Å². The first-order valence-corrected chi connectivity index (χ1v) is 7.67. The number of aryl methyl sites for hydroxylation is 3. The summed E-state index contributed by atoms with van der Waals surface area (Å²) in [4.78, 5) is 28.7. The van der Waals surface area contributed by atoms with Gasteiger partial charge < -0.3 is 4.74 Å². The van der Waals surface area contributed by atoms with E-state index in [1.807, 2.05) is 39.0 Å². The van der Waals surface area contributed by atoms with E-state index in [0.717, 1.165) is 16.7 Å². The standard InChI is InChI=1S/C19H18N2O3/c1-12-4-6-16(14(3)8-12)19(23)24-11-15-9-18(22)21-10-13(2)5-7-17(21)20-15/h4-10H,11H2,1-3H3. The molecule has 0 bridgehead atoms. The average molecular weight is 322 g/mol. The van der Waals surface area contributed by atoms with Crippen LogP contribution in [0.3, 0.4) is 0 Å². The van der Waals surface area contributed by atoms with Crippen LogP contribution in [0.5, 0.6) is 0 Å². The van der Waals surface area contributed by atoms with Crippen LogP contribution in [0.2, 0.25) is 0 Å². The summed E-state index contributed by atoms with van der Waals surface area (Å²) in [6.07, 6.45) is 1.73. The van der Waals surface area contributed by atoms with E-state index in [2.05, 4.69) is 4.98 Å². The number of rotatable bonds is 3. The summed E-state index contributed by atoms with van der Waals surface area (Å²) < 4.78 is 6.79. The van der Waals surface area contributed by atoms with Gasteiger partial charge in [0.05, 0.1) is 11.3 Å². The van der Waals surface area contributed by atoms with E-state index in [9.17, 15) is 9.59 Å². The van der Waals surface area contributed by atoms with Crippen molar-refractivity contribution in [1.82, 2.24) is 9.38 Å². The van der Waals surface area contributed by atoms with Crippen LogP contribution in [0.1, 0.15) is 32.7 Å². The Morgan fingerprint density at radius 2 is 1.83 bits per heavy atom. The van der Waals surface area contributed by atoms with Crippen LogP contribution in [0.15, 0.2) is 47.4 Å². The van der Waals surface area contributed by atoms with Gasteiger partial charge in [-0.3, -0.25) is 9.20 Å². The van der Waals surface area contributed by atoms with Crippen molar-refractivity contribution < 1.29 is 9.53 Å². The smallest absolute Gasteiger partial charge is 0.338 e. The molecule has 3 aromatic rings. The molecule has 0 unspecified atom stereocenters. The number of esters is 1. The number of aromatic nitrogens is 2. The summed E-state index contributed by atoms with van der Waals surface area (Å²) in [5.74, 6) is -0.418. The monoisotopic (exact) mass is 322 g/mol. The normalized spacial score (nSPS) is 10.8. The number of benzene rings is 1. The van der Waals surface area contributed by atoms with Crippen LogP contribution < -0.4 is 5.56 Å². The highest BCUT2D eigenvalue weighted by atomic mass is 16.5. The van der Waals surface area contributed by atoms with Crippen LogP contribution in [0.4, 0.5) is 0 Å². The average Bonchev–Trinajstić information content (AvgIpc) is 2.53. The summed E-state index contributed by atoms with van der Waals surface area (Å²) in [5, 5.41) is 0. The molecule has 0 saturated heterocycles. The lowest BCUT2D eigenvalue weighted by molar-refractivity contribution is 0.0467. The topological polar surface area (TPSA) is 60.7 Å². The van der Waals surface area contributed by atoms with Crippen molar-refractivity contribution in [2.45, 2.75) is 27.4 Å². The van der Waals surface area contributed by atoms with Gasteiger partial charge in [0.25, 0.3) is 5.56 Å². The molecular weight excluding hydrogens is 304 g/mol. The third-order valence-electron chi connectivity index (χ3n) is 3.81. The summed E-state index contributed by atoms with van der Waals surface area (Å²) in [6.45, 7) is 5.71. The molecule has 0 fully saturated rings. The van der Waals surface area contributed by atoms with E-state index in [1.165, 1.54) is 10.5 Å². The lowest BCUT2D eigenvalue weighted by Gasteiger charge is -2.08. The highest BCUT2D eigenvalue weighted by molar-refractivity contribution is 5.91. The van der Waals surface area contributed by atoms with E-state index in [4.69, 9.17) is 4.74 Å². The second-order valence-corrected chi connectivity index (χ2v) is 5.91. The summed E-state index contributed by atoms with van der Waals surface area (Å²) in [5.41, 5.74) is 4.22. The molecule has 0 N–H and O–H groups in total. The number of carbonyl (C=O) groups is 1. The number of hydrogen-bond acceptors (Lipinski definition) is 4. The largest absolute Gasteiger partial charge is 0.456 e. The zero-order chi connectivity index (χ0) is 17.3. The molecule has 0 spiro atoms. The molecule has 0 aliphatic heterocycles. The van der Waals surface area contributed by atoms with Gasteiger partial charge in [-0.1, -0.05) is 23.8 Å². The Morgan fingerprint density at radius 1 is 1.08 bits per heavy atom. The maximum atomic E-state index is 12.2. The fourth-order valence-electron chi connectivity index (χ4n) is 2.59. The van der Waals surface area contributed by atoms with Crippen LogP contribution in [0, 0.1) is 20.8 Å². The van der Waals surface area contributed by atoms with Crippen molar-refractivity contribution in [1.29, 1.82) is 0 Å². The van der Waals surface area contributed by atoms with Gasteiger partial charge in [0.1, 0.15) is 12.3 Å². The Labute approximate surface area is 139 Å². The number of nitrogens with zero attached hydrogens (tertiary/aromatic N) is 2. The Kier molecular flexibility index (Phi) is 4.16. The molecule has 0 aliphatic rings. The molecule has 0 aliphatic carbocycles. The quantitative estimate of drug-likeness (QED) is 0.696. The van der Waals surface area contributed by atoms with Crippen LogP contribution >= 0.6 is 0 Å². The summed E-state index contributed by atoms with van der Waals surface area (Å²) >= 11 is 0. The van der Waals surface area contributed by atoms with Gasteiger partial charge in [-0.05, 0) is 44.0 Å². The molecule has 1 aromatic carbocycles. The Hall–Kier alpha value is -2.95. The first-order chi connectivity index (χ1) is 11.4. The van der Waals surface area contributed by atoms with E-state index in [-0.39, 0.29) is 12.2 Å². The van der Waals surface area contributed by atoms with Crippen molar-refractivity contribution in [3.63, 3.8) is 0 Å².